The first-order valence-electron chi connectivity index (χ1n) is 26.6. The molecule has 6 aromatic rings. The molecular formula is C57H67F3N8O6. The lowest BCUT2D eigenvalue weighted by Crippen LogP contribution is -2.46. The van der Waals surface area contributed by atoms with Gasteiger partial charge in [0.25, 0.3) is 0 Å². The number of aromatic nitrogens is 4. The highest BCUT2D eigenvalue weighted by Crippen LogP contribution is 2.48. The van der Waals surface area contributed by atoms with Crippen molar-refractivity contribution in [3.8, 4) is 22.9 Å². The fourth-order valence-electron chi connectivity index (χ4n) is 12.6. The van der Waals surface area contributed by atoms with Gasteiger partial charge in [0.05, 0.1) is 34.9 Å². The van der Waals surface area contributed by atoms with Crippen LogP contribution in [0.15, 0.2) is 48.5 Å². The van der Waals surface area contributed by atoms with E-state index in [-0.39, 0.29) is 65.0 Å². The molecule has 1 saturated carbocycles. The lowest BCUT2D eigenvalue weighted by molar-refractivity contribution is -0.134. The molecule has 5 aliphatic rings. The molecular weight excluding hydrogens is 950 g/mol. The molecule has 4 saturated heterocycles. The number of piperidine rings is 4. The number of ether oxygens (including phenoxy) is 3. The van der Waals surface area contributed by atoms with Gasteiger partial charge in [-0.2, -0.15) is 15.1 Å². The number of amides is 2. The SMILES string of the molecule is CCc1c(F)ccc2cc(OCOC)cc(-c3c(F)cc4c(N5CCC[C@@](C)(O)C5)nc(OCC5(CN6CCC(CN7CCC(c8cccc9c([C@@H]%10CCC(=O)NC%10=O)nn(C)c89)CC7)CC6)CC5)nc4c3F)c12. The summed E-state index contributed by atoms with van der Waals surface area (Å²) in [5.74, 6) is -1.55. The van der Waals surface area contributed by atoms with Crippen molar-refractivity contribution < 1.29 is 42.1 Å². The Balaban J connectivity index is 0.765. The van der Waals surface area contributed by atoms with Crippen molar-refractivity contribution >= 4 is 50.2 Å². The van der Waals surface area contributed by atoms with Crippen LogP contribution in [0.4, 0.5) is 19.0 Å². The van der Waals surface area contributed by atoms with Crippen LogP contribution in [-0.2, 0) is 27.8 Å². The van der Waals surface area contributed by atoms with Crippen LogP contribution in [0.5, 0.6) is 11.8 Å². The quantitative estimate of drug-likeness (QED) is 0.0748. The normalized spacial score (nSPS) is 22.3. The molecule has 17 heteroatoms. The number of likely N-dealkylation sites (tertiary alicyclic amines) is 2. The number of halogens is 3. The van der Waals surface area contributed by atoms with E-state index in [9.17, 15) is 14.7 Å². The first-order valence-corrected chi connectivity index (χ1v) is 26.6. The maximum atomic E-state index is 17.5. The molecule has 1 aliphatic carbocycles. The third-order valence-electron chi connectivity index (χ3n) is 16.7. The van der Waals surface area contributed by atoms with Crippen molar-refractivity contribution in [2.75, 3.05) is 77.8 Å². The molecule has 14 nitrogen and oxygen atoms in total. The molecule has 2 aromatic heterocycles. The number of nitrogens with one attached hydrogen (secondary N) is 1. The number of para-hydroxylation sites is 1. The van der Waals surface area contributed by atoms with Gasteiger partial charge in [0.15, 0.2) is 12.6 Å². The van der Waals surface area contributed by atoms with E-state index in [0.717, 1.165) is 94.4 Å². The predicted molar refractivity (Wildman–Crippen MR) is 277 cm³/mol. The Bertz CT molecular complexity index is 3130. The first-order chi connectivity index (χ1) is 35.7. The highest BCUT2D eigenvalue weighted by Gasteiger charge is 2.46. The van der Waals surface area contributed by atoms with Crippen LogP contribution in [-0.4, -0.2) is 125 Å². The minimum absolute atomic E-state index is 0.0146. The third-order valence-corrected chi connectivity index (χ3v) is 16.7. The zero-order valence-corrected chi connectivity index (χ0v) is 43.0. The molecule has 74 heavy (non-hydrogen) atoms. The summed E-state index contributed by atoms with van der Waals surface area (Å²) < 4.78 is 69.0. The van der Waals surface area contributed by atoms with Crippen LogP contribution in [0.1, 0.15) is 107 Å². The number of imide groups is 1. The number of β-amino-alcohol motifs (C(OH)–C–C–N with tert-alkyl or cyclic N) is 1. The summed E-state index contributed by atoms with van der Waals surface area (Å²) in [6, 6.07) is 13.8. The number of rotatable bonds is 15. The zero-order chi connectivity index (χ0) is 51.5. The van der Waals surface area contributed by atoms with Crippen LogP contribution in [0.25, 0.3) is 43.7 Å². The number of benzene rings is 4. The number of fused-ring (bicyclic) bond motifs is 3. The van der Waals surface area contributed by atoms with E-state index in [0.29, 0.717) is 78.6 Å². The van der Waals surface area contributed by atoms with E-state index < -0.39 is 29.0 Å². The third kappa shape index (κ3) is 9.92. The van der Waals surface area contributed by atoms with E-state index >= 15 is 13.2 Å². The summed E-state index contributed by atoms with van der Waals surface area (Å²) in [4.78, 5) is 41.2. The second-order valence-electron chi connectivity index (χ2n) is 22.1. The molecule has 6 heterocycles. The van der Waals surface area contributed by atoms with Gasteiger partial charge in [-0.25, -0.2) is 13.2 Å². The molecule has 392 valence electrons. The summed E-state index contributed by atoms with van der Waals surface area (Å²) in [7, 11) is 3.44. The van der Waals surface area contributed by atoms with Gasteiger partial charge in [0.1, 0.15) is 28.7 Å². The summed E-state index contributed by atoms with van der Waals surface area (Å²) in [6.07, 6.45) is 8.64. The van der Waals surface area contributed by atoms with E-state index in [1.807, 2.05) is 16.6 Å². The number of aliphatic hydroxyl groups is 1. The molecule has 4 aromatic carbocycles. The number of carbonyl (C=O) groups is 2. The standard InChI is InChI=1S/C57H67F3N8O6/c1-5-38-44(58)12-10-36-26-37(74-33-72-4)27-42(47(36)38)48-45(59)28-43-51(49(48)60)62-55(63-53(43)68-21-7-18-56(2,71)30-68)73-32-57(19-20-57)31-67-22-14-34(15-23-67)29-66-24-16-35(17-25-66)39-8-6-9-40-50(64-65(3)52(39)40)41-11-13-46(69)61-54(41)70/h6,8-10,12,26-28,34-35,41,71H,5,7,11,13-25,29-33H2,1-4H3,(H,61,69,70)/t41-,56+/m0/s1. The molecule has 0 bridgehead atoms. The van der Waals surface area contributed by atoms with Crippen LogP contribution in [0, 0.1) is 28.8 Å². The molecule has 0 radical (unpaired) electrons. The van der Waals surface area contributed by atoms with Crippen LogP contribution >= 0.6 is 0 Å². The lowest BCUT2D eigenvalue weighted by Gasteiger charge is -2.38. The highest BCUT2D eigenvalue weighted by molar-refractivity contribution is 6.04. The smallest absolute Gasteiger partial charge is 0.319 e. The molecule has 4 aliphatic heterocycles. The average Bonchev–Trinajstić information content (AvgIpc) is 4.07. The topological polar surface area (TPSA) is 147 Å². The number of aryl methyl sites for hydroxylation is 2. The van der Waals surface area contributed by atoms with Gasteiger partial charge in [-0.15, -0.1) is 0 Å². The Hall–Kier alpha value is -5.88. The van der Waals surface area contributed by atoms with E-state index in [1.54, 1.807) is 26.0 Å². The van der Waals surface area contributed by atoms with Crippen molar-refractivity contribution in [3.05, 3.63) is 82.8 Å². The number of anilines is 1. The largest absolute Gasteiger partial charge is 0.468 e. The predicted octanol–water partition coefficient (Wildman–Crippen LogP) is 8.92. The summed E-state index contributed by atoms with van der Waals surface area (Å²) in [5.41, 5.74) is 1.97. The number of hydrogen-bond donors (Lipinski definition) is 2. The molecule has 5 fully saturated rings. The maximum absolute atomic E-state index is 17.5. The van der Waals surface area contributed by atoms with Crippen molar-refractivity contribution in [1.82, 2.24) is 34.9 Å². The molecule has 2 atom stereocenters. The Kier molecular flexibility index (Phi) is 13.8. The van der Waals surface area contributed by atoms with Crippen molar-refractivity contribution in [1.29, 1.82) is 0 Å². The van der Waals surface area contributed by atoms with Crippen molar-refractivity contribution in [2.24, 2.45) is 18.4 Å². The van der Waals surface area contributed by atoms with Gasteiger partial charge < -0.3 is 34.0 Å². The van der Waals surface area contributed by atoms with Gasteiger partial charge in [-0.3, -0.25) is 19.6 Å². The van der Waals surface area contributed by atoms with Gasteiger partial charge in [0, 0.05) is 62.9 Å². The molecule has 0 unspecified atom stereocenters. The summed E-state index contributed by atoms with van der Waals surface area (Å²) in [6.45, 7) is 10.6. The molecule has 2 amide bonds. The molecule has 11 rings (SSSR count). The van der Waals surface area contributed by atoms with E-state index in [1.165, 1.54) is 30.9 Å². The number of nitrogens with zero attached hydrogens (tertiary/aromatic N) is 7. The second-order valence-corrected chi connectivity index (χ2v) is 22.1. The van der Waals surface area contributed by atoms with Gasteiger partial charge in [-0.1, -0.05) is 31.2 Å². The van der Waals surface area contributed by atoms with Crippen LogP contribution in [0.2, 0.25) is 0 Å². The fraction of sp³-hybridized carbons (Fsp3) is 0.526. The monoisotopic (exact) mass is 1020 g/mol. The number of carbonyl (C=O) groups excluding carboxylic acids is 2. The van der Waals surface area contributed by atoms with Crippen LogP contribution in [0.3, 0.4) is 0 Å². The van der Waals surface area contributed by atoms with Gasteiger partial charge in [0.2, 0.25) is 11.8 Å². The van der Waals surface area contributed by atoms with Crippen molar-refractivity contribution in [3.63, 3.8) is 0 Å². The Morgan fingerprint density at radius 1 is 0.878 bits per heavy atom. The zero-order valence-electron chi connectivity index (χ0n) is 43.0. The number of methoxy groups -OCH3 is 1. The average molecular weight is 1020 g/mol. The maximum Gasteiger partial charge on any atom is 0.319 e. The number of hydrogen-bond acceptors (Lipinski definition) is 12. The summed E-state index contributed by atoms with van der Waals surface area (Å²) >= 11 is 0. The van der Waals surface area contributed by atoms with Gasteiger partial charge in [-0.05, 0) is 161 Å². The Morgan fingerprint density at radius 3 is 2.39 bits per heavy atom. The lowest BCUT2D eigenvalue weighted by atomic mass is 9.86. The van der Waals surface area contributed by atoms with E-state index in [2.05, 4.69) is 38.3 Å². The minimum atomic E-state index is -1.04. The Morgan fingerprint density at radius 2 is 1.66 bits per heavy atom. The summed E-state index contributed by atoms with van der Waals surface area (Å²) in [5, 5.41) is 20.6. The minimum Gasteiger partial charge on any atom is -0.468 e. The highest BCUT2D eigenvalue weighted by atomic mass is 19.1. The Labute approximate surface area is 429 Å². The first kappa shape index (κ1) is 50.3. The van der Waals surface area contributed by atoms with Crippen molar-refractivity contribution in [2.45, 2.75) is 102 Å². The second kappa shape index (κ2) is 20.3. The van der Waals surface area contributed by atoms with Gasteiger partial charge >= 0.3 is 6.01 Å². The molecule has 2 N–H and O–H groups in total. The van der Waals surface area contributed by atoms with E-state index in [4.69, 9.17) is 24.3 Å². The van der Waals surface area contributed by atoms with Crippen LogP contribution < -0.4 is 19.7 Å². The molecule has 0 spiro atoms. The fourth-order valence-corrected chi connectivity index (χ4v) is 12.6.